The average molecular weight is 278 g/mol. The topological polar surface area (TPSA) is 114 Å². The lowest BCUT2D eigenvalue weighted by molar-refractivity contribution is 0.0988. The molecule has 0 aliphatic carbocycles. The first-order valence-corrected chi connectivity index (χ1v) is 5.53. The quantitative estimate of drug-likeness (QED) is 0.340. The Morgan fingerprint density at radius 1 is 1.50 bits per heavy atom. The van der Waals surface area contributed by atoms with Gasteiger partial charge in [0.15, 0.2) is 5.84 Å². The summed E-state index contributed by atoms with van der Waals surface area (Å²) in [7, 11) is 0. The molecule has 4 N–H and O–H groups in total. The monoisotopic (exact) mass is 278 g/mol. The van der Waals surface area contributed by atoms with Gasteiger partial charge in [-0.1, -0.05) is 10.3 Å². The molecule has 20 heavy (non-hydrogen) atoms. The second kappa shape index (κ2) is 5.39. The van der Waals surface area contributed by atoms with Crippen LogP contribution in [0.15, 0.2) is 33.9 Å². The molecule has 1 aromatic heterocycles. The number of benzene rings is 1. The van der Waals surface area contributed by atoms with Crippen molar-refractivity contribution >= 4 is 17.4 Å². The predicted molar refractivity (Wildman–Crippen MR) is 68.1 cm³/mol. The Kier molecular flexibility index (Phi) is 3.65. The van der Waals surface area contributed by atoms with Crippen molar-refractivity contribution in [3.05, 3.63) is 47.1 Å². The Morgan fingerprint density at radius 3 is 2.85 bits per heavy atom. The zero-order chi connectivity index (χ0) is 14.7. The molecule has 0 saturated carbocycles. The van der Waals surface area contributed by atoms with Gasteiger partial charge >= 0.3 is 0 Å². The number of rotatable bonds is 3. The minimum Gasteiger partial charge on any atom is -0.409 e. The maximum absolute atomic E-state index is 13.5. The van der Waals surface area contributed by atoms with Crippen LogP contribution in [-0.4, -0.2) is 22.1 Å². The molecule has 0 radical (unpaired) electrons. The molecule has 0 atom stereocenters. The number of hydrogen-bond acceptors (Lipinski definition) is 5. The molecule has 0 bridgehead atoms. The first-order chi connectivity index (χ1) is 9.51. The van der Waals surface area contributed by atoms with Crippen LogP contribution < -0.4 is 11.1 Å². The van der Waals surface area contributed by atoms with Gasteiger partial charge in [0.2, 0.25) is 5.76 Å². The van der Waals surface area contributed by atoms with Crippen LogP contribution in [0.4, 0.5) is 10.1 Å². The van der Waals surface area contributed by atoms with Crippen molar-refractivity contribution in [1.82, 2.24) is 5.16 Å². The van der Waals surface area contributed by atoms with E-state index in [2.05, 4.69) is 15.6 Å². The summed E-state index contributed by atoms with van der Waals surface area (Å²) in [6.07, 6.45) is 0. The van der Waals surface area contributed by atoms with Crippen molar-refractivity contribution in [2.24, 2.45) is 10.9 Å². The molecular weight excluding hydrogens is 267 g/mol. The van der Waals surface area contributed by atoms with Crippen LogP contribution in [-0.2, 0) is 0 Å². The third kappa shape index (κ3) is 2.74. The molecule has 1 aromatic carbocycles. The fraction of sp³-hybridized carbons (Fsp3) is 0.0833. The molecule has 8 heteroatoms. The molecule has 2 rings (SSSR count). The van der Waals surface area contributed by atoms with E-state index in [4.69, 9.17) is 15.5 Å². The summed E-state index contributed by atoms with van der Waals surface area (Å²) in [5.74, 6) is -1.58. The fourth-order valence-electron chi connectivity index (χ4n) is 1.52. The Bertz CT molecular complexity index is 681. The van der Waals surface area contributed by atoms with Crippen LogP contribution in [0.3, 0.4) is 0 Å². The minimum atomic E-state index is -0.672. The Labute approximate surface area is 112 Å². The van der Waals surface area contributed by atoms with E-state index in [9.17, 15) is 9.18 Å². The number of amides is 1. The van der Waals surface area contributed by atoms with Gasteiger partial charge in [-0.05, 0) is 25.1 Å². The Balaban J connectivity index is 2.24. The SMILES string of the molecule is Cc1cc(C(=O)Nc2ccc(F)c(C(N)=NO)c2)on1. The highest BCUT2D eigenvalue weighted by Gasteiger charge is 2.14. The second-order valence-electron chi connectivity index (χ2n) is 3.97. The number of aromatic nitrogens is 1. The number of nitrogens with two attached hydrogens (primary N) is 1. The lowest BCUT2D eigenvalue weighted by atomic mass is 10.1. The summed E-state index contributed by atoms with van der Waals surface area (Å²) in [5, 5.41) is 17.3. The van der Waals surface area contributed by atoms with Crippen LogP contribution in [0.5, 0.6) is 0 Å². The van der Waals surface area contributed by atoms with E-state index in [0.29, 0.717) is 5.69 Å². The molecule has 0 aliphatic rings. The van der Waals surface area contributed by atoms with E-state index >= 15 is 0 Å². The largest absolute Gasteiger partial charge is 0.409 e. The van der Waals surface area contributed by atoms with Gasteiger partial charge in [0, 0.05) is 11.8 Å². The van der Waals surface area contributed by atoms with E-state index in [-0.39, 0.29) is 17.0 Å². The van der Waals surface area contributed by atoms with Crippen LogP contribution in [0.25, 0.3) is 0 Å². The van der Waals surface area contributed by atoms with Gasteiger partial charge in [-0.3, -0.25) is 4.79 Å². The summed E-state index contributed by atoms with van der Waals surface area (Å²) < 4.78 is 18.3. The van der Waals surface area contributed by atoms with Gasteiger partial charge in [-0.25, -0.2) is 4.39 Å². The summed E-state index contributed by atoms with van der Waals surface area (Å²) >= 11 is 0. The molecule has 104 valence electrons. The number of nitrogens with zero attached hydrogens (tertiary/aromatic N) is 2. The first kappa shape index (κ1) is 13.5. The van der Waals surface area contributed by atoms with Crippen molar-refractivity contribution < 1.29 is 18.9 Å². The molecule has 0 saturated heterocycles. The van der Waals surface area contributed by atoms with Gasteiger partial charge in [-0.2, -0.15) is 0 Å². The summed E-state index contributed by atoms with van der Waals surface area (Å²) in [4.78, 5) is 11.8. The average Bonchev–Trinajstić information content (AvgIpc) is 2.87. The molecule has 0 spiro atoms. The molecule has 1 heterocycles. The fourth-order valence-corrected chi connectivity index (χ4v) is 1.52. The standard InChI is InChI=1S/C12H11FN4O3/c1-6-4-10(20-17-6)12(18)15-7-2-3-9(13)8(5-7)11(14)16-19/h2-5,19H,1H3,(H2,14,16)(H,15,18). The molecule has 0 fully saturated rings. The van der Waals surface area contributed by atoms with Crippen molar-refractivity contribution in [1.29, 1.82) is 0 Å². The van der Waals surface area contributed by atoms with Gasteiger partial charge < -0.3 is 20.8 Å². The number of nitrogens with one attached hydrogen (secondary N) is 1. The number of anilines is 1. The number of aryl methyl sites for hydroxylation is 1. The number of oxime groups is 1. The summed E-state index contributed by atoms with van der Waals surface area (Å²) in [6, 6.07) is 5.13. The normalized spacial score (nSPS) is 11.4. The van der Waals surface area contributed by atoms with Crippen LogP contribution in [0.1, 0.15) is 21.8 Å². The van der Waals surface area contributed by atoms with Crippen molar-refractivity contribution in [3.8, 4) is 0 Å². The van der Waals surface area contributed by atoms with Crippen molar-refractivity contribution in [2.45, 2.75) is 6.92 Å². The lowest BCUT2D eigenvalue weighted by Crippen LogP contribution is -2.17. The highest BCUT2D eigenvalue weighted by Crippen LogP contribution is 2.16. The van der Waals surface area contributed by atoms with E-state index in [1.807, 2.05) is 0 Å². The summed E-state index contributed by atoms with van der Waals surface area (Å²) in [6.45, 7) is 1.68. The van der Waals surface area contributed by atoms with E-state index in [1.54, 1.807) is 6.92 Å². The maximum Gasteiger partial charge on any atom is 0.294 e. The van der Waals surface area contributed by atoms with E-state index in [0.717, 1.165) is 6.07 Å². The number of hydrogen-bond donors (Lipinski definition) is 3. The Hall–Kier alpha value is -2.90. The van der Waals surface area contributed by atoms with Crippen molar-refractivity contribution in [3.63, 3.8) is 0 Å². The highest BCUT2D eigenvalue weighted by molar-refractivity contribution is 6.03. The van der Waals surface area contributed by atoms with Gasteiger partial charge in [0.05, 0.1) is 11.3 Å². The number of halogens is 1. The molecule has 7 nitrogen and oxygen atoms in total. The van der Waals surface area contributed by atoms with Crippen LogP contribution >= 0.6 is 0 Å². The molecule has 0 unspecified atom stereocenters. The van der Waals surface area contributed by atoms with Gasteiger partial charge in [0.25, 0.3) is 5.91 Å². The zero-order valence-electron chi connectivity index (χ0n) is 10.4. The van der Waals surface area contributed by atoms with Crippen LogP contribution in [0, 0.1) is 12.7 Å². The van der Waals surface area contributed by atoms with Gasteiger partial charge in [0.1, 0.15) is 5.82 Å². The second-order valence-corrected chi connectivity index (χ2v) is 3.97. The number of carbonyl (C=O) groups excluding carboxylic acids is 1. The lowest BCUT2D eigenvalue weighted by Gasteiger charge is -2.06. The molecular formula is C12H11FN4O3. The van der Waals surface area contributed by atoms with Gasteiger partial charge in [-0.15, -0.1) is 0 Å². The summed E-state index contributed by atoms with van der Waals surface area (Å²) in [5.41, 5.74) is 6.03. The van der Waals surface area contributed by atoms with E-state index < -0.39 is 17.6 Å². The number of amidine groups is 1. The molecule has 2 aromatic rings. The highest BCUT2D eigenvalue weighted by atomic mass is 19.1. The maximum atomic E-state index is 13.5. The third-order valence-corrected chi connectivity index (χ3v) is 2.46. The third-order valence-electron chi connectivity index (χ3n) is 2.46. The first-order valence-electron chi connectivity index (χ1n) is 5.53. The van der Waals surface area contributed by atoms with Crippen molar-refractivity contribution in [2.75, 3.05) is 5.32 Å². The smallest absolute Gasteiger partial charge is 0.294 e. The Morgan fingerprint density at radius 2 is 2.25 bits per heavy atom. The zero-order valence-corrected chi connectivity index (χ0v) is 10.4. The van der Waals surface area contributed by atoms with E-state index in [1.165, 1.54) is 18.2 Å². The predicted octanol–water partition coefficient (Wildman–Crippen LogP) is 1.47. The molecule has 0 aliphatic heterocycles. The van der Waals surface area contributed by atoms with Crippen LogP contribution in [0.2, 0.25) is 0 Å². The minimum absolute atomic E-state index is 0.0252. The number of carbonyl (C=O) groups is 1. The molecule has 1 amide bonds.